The van der Waals surface area contributed by atoms with E-state index in [9.17, 15) is 10.1 Å². The lowest BCUT2D eigenvalue weighted by molar-refractivity contribution is -0.386. The number of rotatable bonds is 4. The van der Waals surface area contributed by atoms with Crippen LogP contribution in [0, 0.1) is 10.1 Å². The molecule has 0 saturated heterocycles. The second kappa shape index (κ2) is 7.19. The summed E-state index contributed by atoms with van der Waals surface area (Å²) >= 11 is 0. The Morgan fingerprint density at radius 2 is 1.67 bits per heavy atom. The van der Waals surface area contributed by atoms with E-state index >= 15 is 0 Å². The highest BCUT2D eigenvalue weighted by Crippen LogP contribution is 2.53. The Morgan fingerprint density at radius 1 is 1.00 bits per heavy atom. The first kappa shape index (κ1) is 17.8. The number of benzene rings is 2. The molecule has 1 aliphatic heterocycles. The molecule has 1 heterocycles. The van der Waals surface area contributed by atoms with E-state index in [1.807, 2.05) is 18.2 Å². The van der Waals surface area contributed by atoms with Gasteiger partial charge >= 0.3 is 0 Å². The molecule has 0 radical (unpaired) electrons. The molecule has 0 bridgehead atoms. The van der Waals surface area contributed by atoms with Crippen molar-refractivity contribution in [2.24, 2.45) is 0 Å². The van der Waals surface area contributed by atoms with Crippen LogP contribution in [0.4, 0.5) is 5.69 Å². The lowest BCUT2D eigenvalue weighted by Gasteiger charge is -2.42. The maximum atomic E-state index is 11.6. The van der Waals surface area contributed by atoms with Crippen molar-refractivity contribution in [3.8, 4) is 11.5 Å². The standard InChI is InChI=1S/C21H23NO5/c1-25-17-11-12-18(26-2)20-19(17)14-8-4-6-10-16(14)27-21(20)13-7-3-5-9-15(13)22(23)24/h3,5,7,9,11-12,14,16,21H,4,6,8,10H2,1-2H3/t14-,16-,21+/m0/s1. The highest BCUT2D eigenvalue weighted by molar-refractivity contribution is 5.58. The monoisotopic (exact) mass is 369 g/mol. The molecule has 1 fully saturated rings. The summed E-state index contributed by atoms with van der Waals surface area (Å²) in [6.07, 6.45) is 3.68. The van der Waals surface area contributed by atoms with Gasteiger partial charge in [-0.2, -0.15) is 0 Å². The number of nitro groups is 1. The fourth-order valence-corrected chi connectivity index (χ4v) is 4.54. The molecule has 1 saturated carbocycles. The number of nitro benzene ring substituents is 1. The smallest absolute Gasteiger partial charge is 0.275 e. The van der Waals surface area contributed by atoms with E-state index in [1.165, 1.54) is 6.07 Å². The number of hydrogen-bond donors (Lipinski definition) is 0. The summed E-state index contributed by atoms with van der Waals surface area (Å²) < 4.78 is 17.8. The van der Waals surface area contributed by atoms with E-state index in [-0.39, 0.29) is 22.6 Å². The minimum atomic E-state index is -0.550. The zero-order chi connectivity index (χ0) is 19.0. The average Bonchev–Trinajstić information content (AvgIpc) is 2.72. The summed E-state index contributed by atoms with van der Waals surface area (Å²) in [5.41, 5.74) is 2.55. The lowest BCUT2D eigenvalue weighted by Crippen LogP contribution is -2.34. The topological polar surface area (TPSA) is 70.8 Å². The largest absolute Gasteiger partial charge is 0.496 e. The lowest BCUT2D eigenvalue weighted by atomic mass is 9.75. The van der Waals surface area contributed by atoms with E-state index < -0.39 is 6.10 Å². The van der Waals surface area contributed by atoms with Gasteiger partial charge in [0.1, 0.15) is 17.6 Å². The van der Waals surface area contributed by atoms with Crippen LogP contribution in [0.5, 0.6) is 11.5 Å². The van der Waals surface area contributed by atoms with Crippen molar-refractivity contribution in [1.29, 1.82) is 0 Å². The van der Waals surface area contributed by atoms with Gasteiger partial charge in [-0.3, -0.25) is 10.1 Å². The van der Waals surface area contributed by atoms with Crippen LogP contribution in [0.1, 0.15) is 54.4 Å². The van der Waals surface area contributed by atoms with E-state index in [2.05, 4.69) is 0 Å². The zero-order valence-corrected chi connectivity index (χ0v) is 15.5. The normalized spacial score (nSPS) is 23.9. The second-order valence-electron chi connectivity index (χ2n) is 7.06. The van der Waals surface area contributed by atoms with E-state index in [0.29, 0.717) is 11.3 Å². The van der Waals surface area contributed by atoms with Crippen molar-refractivity contribution in [2.45, 2.75) is 43.8 Å². The summed E-state index contributed by atoms with van der Waals surface area (Å²) in [5, 5.41) is 11.6. The van der Waals surface area contributed by atoms with Crippen LogP contribution in [-0.2, 0) is 4.74 Å². The highest BCUT2D eigenvalue weighted by atomic mass is 16.6. The number of fused-ring (bicyclic) bond motifs is 3. The summed E-state index contributed by atoms with van der Waals surface area (Å²) in [6, 6.07) is 10.6. The molecule has 2 aromatic carbocycles. The summed E-state index contributed by atoms with van der Waals surface area (Å²) in [7, 11) is 3.28. The Balaban J connectivity index is 1.96. The Hall–Kier alpha value is -2.60. The van der Waals surface area contributed by atoms with Crippen molar-refractivity contribution in [2.75, 3.05) is 14.2 Å². The molecular weight excluding hydrogens is 346 g/mol. The number of nitrogens with zero attached hydrogens (tertiary/aromatic N) is 1. The minimum absolute atomic E-state index is 0.0251. The number of hydrogen-bond acceptors (Lipinski definition) is 5. The van der Waals surface area contributed by atoms with Gasteiger partial charge in [-0.25, -0.2) is 0 Å². The molecule has 0 N–H and O–H groups in total. The van der Waals surface area contributed by atoms with Gasteiger partial charge in [-0.05, 0) is 31.0 Å². The molecule has 2 aliphatic rings. The number of ether oxygens (including phenoxy) is 3. The molecule has 27 heavy (non-hydrogen) atoms. The van der Waals surface area contributed by atoms with Crippen molar-refractivity contribution in [1.82, 2.24) is 0 Å². The molecule has 1 aliphatic carbocycles. The van der Waals surface area contributed by atoms with Crippen LogP contribution < -0.4 is 9.47 Å². The first-order valence-electron chi connectivity index (χ1n) is 9.29. The molecule has 0 unspecified atom stereocenters. The van der Waals surface area contributed by atoms with E-state index in [4.69, 9.17) is 14.2 Å². The Morgan fingerprint density at radius 3 is 2.37 bits per heavy atom. The second-order valence-corrected chi connectivity index (χ2v) is 7.06. The molecule has 142 valence electrons. The molecule has 0 aromatic heterocycles. The third-order valence-electron chi connectivity index (χ3n) is 5.71. The van der Waals surface area contributed by atoms with Crippen LogP contribution >= 0.6 is 0 Å². The van der Waals surface area contributed by atoms with Crippen molar-refractivity contribution >= 4 is 5.69 Å². The molecule has 2 aromatic rings. The van der Waals surface area contributed by atoms with Gasteiger partial charge in [0.2, 0.25) is 0 Å². The van der Waals surface area contributed by atoms with Crippen LogP contribution in [-0.4, -0.2) is 25.2 Å². The third-order valence-corrected chi connectivity index (χ3v) is 5.71. The average molecular weight is 369 g/mol. The van der Waals surface area contributed by atoms with Gasteiger partial charge in [0, 0.05) is 23.1 Å². The first-order chi connectivity index (χ1) is 13.2. The van der Waals surface area contributed by atoms with Gasteiger partial charge in [0.05, 0.1) is 30.8 Å². The van der Waals surface area contributed by atoms with Crippen LogP contribution in [0.15, 0.2) is 36.4 Å². The third kappa shape index (κ3) is 2.94. The van der Waals surface area contributed by atoms with Crippen molar-refractivity contribution in [3.05, 3.63) is 63.2 Å². The Bertz CT molecular complexity index is 866. The Labute approximate surface area is 158 Å². The molecule has 4 rings (SSSR count). The molecule has 3 atom stereocenters. The molecule has 6 heteroatoms. The predicted octanol–water partition coefficient (Wildman–Crippen LogP) is 4.76. The quantitative estimate of drug-likeness (QED) is 0.574. The Kier molecular flexibility index (Phi) is 4.74. The van der Waals surface area contributed by atoms with Crippen LogP contribution in [0.25, 0.3) is 0 Å². The minimum Gasteiger partial charge on any atom is -0.496 e. The van der Waals surface area contributed by atoms with Gasteiger partial charge in [0.15, 0.2) is 0 Å². The number of para-hydroxylation sites is 1. The molecular formula is C21H23NO5. The van der Waals surface area contributed by atoms with E-state index in [0.717, 1.165) is 42.6 Å². The number of methoxy groups -OCH3 is 2. The highest BCUT2D eigenvalue weighted by Gasteiger charge is 2.43. The predicted molar refractivity (Wildman–Crippen MR) is 101 cm³/mol. The first-order valence-corrected chi connectivity index (χ1v) is 9.29. The summed E-state index contributed by atoms with van der Waals surface area (Å²) in [4.78, 5) is 11.3. The van der Waals surface area contributed by atoms with E-state index in [1.54, 1.807) is 26.4 Å². The van der Waals surface area contributed by atoms with Crippen molar-refractivity contribution < 1.29 is 19.1 Å². The van der Waals surface area contributed by atoms with Crippen molar-refractivity contribution in [3.63, 3.8) is 0 Å². The van der Waals surface area contributed by atoms with Gasteiger partial charge in [-0.1, -0.05) is 25.0 Å². The fraction of sp³-hybridized carbons (Fsp3) is 0.429. The SMILES string of the molecule is COc1ccc(OC)c2c1[C@@H](c1ccccc1[N+](=O)[O-])O[C@H]1CCCC[C@H]21. The fourth-order valence-electron chi connectivity index (χ4n) is 4.54. The maximum absolute atomic E-state index is 11.6. The zero-order valence-electron chi connectivity index (χ0n) is 15.5. The molecule has 6 nitrogen and oxygen atoms in total. The summed E-state index contributed by atoms with van der Waals surface area (Å²) in [6.45, 7) is 0. The summed E-state index contributed by atoms with van der Waals surface area (Å²) in [5.74, 6) is 1.70. The van der Waals surface area contributed by atoms with Gasteiger partial charge < -0.3 is 14.2 Å². The molecule has 0 amide bonds. The van der Waals surface area contributed by atoms with Crippen LogP contribution in [0.2, 0.25) is 0 Å². The van der Waals surface area contributed by atoms with Gasteiger partial charge in [0.25, 0.3) is 5.69 Å². The van der Waals surface area contributed by atoms with Crippen LogP contribution in [0.3, 0.4) is 0 Å². The molecule has 0 spiro atoms. The van der Waals surface area contributed by atoms with Gasteiger partial charge in [-0.15, -0.1) is 0 Å². The maximum Gasteiger partial charge on any atom is 0.275 e.